The van der Waals surface area contributed by atoms with Crippen LogP contribution in [-0.2, 0) is 17.6 Å². The lowest BCUT2D eigenvalue weighted by Crippen LogP contribution is -2.53. The number of anilines is 1. The second kappa shape index (κ2) is 9.63. The zero-order chi connectivity index (χ0) is 20.8. The molecule has 1 saturated heterocycles. The normalized spacial score (nSPS) is 19.7. The Bertz CT molecular complexity index is 859. The van der Waals surface area contributed by atoms with Crippen molar-refractivity contribution in [3.8, 4) is 0 Å². The van der Waals surface area contributed by atoms with Gasteiger partial charge in [0, 0.05) is 30.5 Å². The van der Waals surface area contributed by atoms with E-state index in [1.165, 1.54) is 29.5 Å². The summed E-state index contributed by atoms with van der Waals surface area (Å²) in [4.78, 5) is 4.78. The number of rotatable bonds is 6. The largest absolute Gasteiger partial charge is 0.381 e. The number of ether oxygens (including phenoxy) is 1. The van der Waals surface area contributed by atoms with Gasteiger partial charge in [-0.1, -0.05) is 42.5 Å². The molecular formula is C25H34N4O. The third-order valence-corrected chi connectivity index (χ3v) is 6.48. The Kier molecular flexibility index (Phi) is 6.70. The van der Waals surface area contributed by atoms with Crippen LogP contribution in [0.1, 0.15) is 55.3 Å². The molecule has 5 heteroatoms. The zero-order valence-electron chi connectivity index (χ0n) is 18.0. The summed E-state index contributed by atoms with van der Waals surface area (Å²) in [7, 11) is 0. The molecule has 1 atom stereocenters. The Morgan fingerprint density at radius 1 is 1.07 bits per heavy atom. The Labute approximate surface area is 180 Å². The van der Waals surface area contributed by atoms with Gasteiger partial charge in [-0.3, -0.25) is 4.99 Å². The van der Waals surface area contributed by atoms with E-state index in [1.807, 2.05) is 0 Å². The molecular weight excluding hydrogens is 372 g/mol. The lowest BCUT2D eigenvalue weighted by molar-refractivity contribution is 0.0375. The lowest BCUT2D eigenvalue weighted by Gasteiger charge is -2.39. The molecule has 2 aromatic rings. The van der Waals surface area contributed by atoms with Gasteiger partial charge in [-0.05, 0) is 68.2 Å². The van der Waals surface area contributed by atoms with E-state index in [1.54, 1.807) is 0 Å². The van der Waals surface area contributed by atoms with Crippen molar-refractivity contribution in [2.45, 2.75) is 57.0 Å². The van der Waals surface area contributed by atoms with Crippen LogP contribution in [-0.4, -0.2) is 31.3 Å². The molecule has 0 saturated carbocycles. The van der Waals surface area contributed by atoms with Crippen molar-refractivity contribution >= 4 is 11.6 Å². The average Bonchev–Trinajstić information content (AvgIpc) is 2.79. The highest BCUT2D eigenvalue weighted by molar-refractivity contribution is 5.93. The van der Waals surface area contributed by atoms with Gasteiger partial charge in [0.1, 0.15) is 0 Å². The number of aryl methyl sites for hydroxylation is 1. The van der Waals surface area contributed by atoms with Crippen LogP contribution < -0.4 is 16.4 Å². The SMILES string of the molecule is CC(NC1(CN=C(N)Nc2cccc3c2CCCC3)CCOCC1)c1ccccc1. The quantitative estimate of drug-likeness (QED) is 0.497. The van der Waals surface area contributed by atoms with Crippen molar-refractivity contribution < 1.29 is 4.74 Å². The predicted molar refractivity (Wildman–Crippen MR) is 124 cm³/mol. The van der Waals surface area contributed by atoms with Crippen LogP contribution in [0.15, 0.2) is 53.5 Å². The highest BCUT2D eigenvalue weighted by Gasteiger charge is 2.34. The van der Waals surface area contributed by atoms with Gasteiger partial charge >= 0.3 is 0 Å². The van der Waals surface area contributed by atoms with Crippen LogP contribution >= 0.6 is 0 Å². The number of hydrogen-bond donors (Lipinski definition) is 3. The summed E-state index contributed by atoms with van der Waals surface area (Å²) in [6.07, 6.45) is 6.65. The summed E-state index contributed by atoms with van der Waals surface area (Å²) in [6, 6.07) is 17.3. The van der Waals surface area contributed by atoms with Gasteiger partial charge in [-0.25, -0.2) is 0 Å². The number of benzene rings is 2. The average molecular weight is 407 g/mol. The first kappa shape index (κ1) is 20.9. The lowest BCUT2D eigenvalue weighted by atomic mass is 9.88. The van der Waals surface area contributed by atoms with Crippen molar-refractivity contribution in [1.29, 1.82) is 0 Å². The van der Waals surface area contributed by atoms with Crippen molar-refractivity contribution in [3.63, 3.8) is 0 Å². The second-order valence-electron chi connectivity index (χ2n) is 8.65. The van der Waals surface area contributed by atoms with Crippen LogP contribution in [0.25, 0.3) is 0 Å². The number of nitrogens with two attached hydrogens (primary N) is 1. The number of nitrogens with one attached hydrogen (secondary N) is 2. The zero-order valence-corrected chi connectivity index (χ0v) is 18.0. The van der Waals surface area contributed by atoms with E-state index in [0.29, 0.717) is 12.5 Å². The van der Waals surface area contributed by atoms with Crippen LogP contribution in [0.3, 0.4) is 0 Å². The summed E-state index contributed by atoms with van der Waals surface area (Å²) in [5.74, 6) is 0.494. The molecule has 1 heterocycles. The molecule has 160 valence electrons. The molecule has 1 aliphatic heterocycles. The van der Waals surface area contributed by atoms with Crippen LogP contribution in [0.4, 0.5) is 5.69 Å². The molecule has 2 aromatic carbocycles. The highest BCUT2D eigenvalue weighted by Crippen LogP contribution is 2.28. The Balaban J connectivity index is 1.46. The molecule has 1 unspecified atom stereocenters. The number of fused-ring (bicyclic) bond motifs is 1. The fourth-order valence-electron chi connectivity index (χ4n) is 4.71. The molecule has 1 aliphatic carbocycles. The van der Waals surface area contributed by atoms with E-state index < -0.39 is 0 Å². The van der Waals surface area contributed by atoms with Gasteiger partial charge in [0.15, 0.2) is 5.96 Å². The molecule has 30 heavy (non-hydrogen) atoms. The fourth-order valence-corrected chi connectivity index (χ4v) is 4.71. The fraction of sp³-hybridized carbons (Fsp3) is 0.480. The minimum absolute atomic E-state index is 0.101. The maximum Gasteiger partial charge on any atom is 0.193 e. The van der Waals surface area contributed by atoms with Crippen LogP contribution in [0.2, 0.25) is 0 Å². The molecule has 0 aromatic heterocycles. The predicted octanol–water partition coefficient (Wildman–Crippen LogP) is 4.19. The summed E-state index contributed by atoms with van der Waals surface area (Å²) in [5.41, 5.74) is 11.5. The Hall–Kier alpha value is -2.37. The van der Waals surface area contributed by atoms with Crippen molar-refractivity contribution in [2.24, 2.45) is 10.7 Å². The van der Waals surface area contributed by atoms with E-state index in [9.17, 15) is 0 Å². The summed E-state index contributed by atoms with van der Waals surface area (Å²) >= 11 is 0. The molecule has 5 nitrogen and oxygen atoms in total. The maximum atomic E-state index is 6.34. The van der Waals surface area contributed by atoms with E-state index in [0.717, 1.165) is 44.6 Å². The monoisotopic (exact) mass is 406 g/mol. The first-order chi connectivity index (χ1) is 14.7. The molecule has 4 N–H and O–H groups in total. The Morgan fingerprint density at radius 2 is 1.83 bits per heavy atom. The number of nitrogens with zero attached hydrogens (tertiary/aromatic N) is 1. The summed E-state index contributed by atoms with van der Waals surface area (Å²) < 4.78 is 5.64. The molecule has 1 fully saturated rings. The van der Waals surface area contributed by atoms with Crippen molar-refractivity contribution in [3.05, 3.63) is 65.2 Å². The molecule has 0 spiro atoms. The molecule has 2 aliphatic rings. The van der Waals surface area contributed by atoms with Gasteiger partial charge in [-0.2, -0.15) is 0 Å². The van der Waals surface area contributed by atoms with Crippen molar-refractivity contribution in [2.75, 3.05) is 25.1 Å². The van der Waals surface area contributed by atoms with E-state index in [2.05, 4.69) is 66.1 Å². The number of guanidine groups is 1. The van der Waals surface area contributed by atoms with Gasteiger partial charge in [0.25, 0.3) is 0 Å². The minimum Gasteiger partial charge on any atom is -0.381 e. The standard InChI is InChI=1S/C25H34N4O/c1-19(20-8-3-2-4-9-20)29-25(14-16-30-17-15-25)18-27-24(26)28-23-13-7-11-21-10-5-6-12-22(21)23/h2-4,7-9,11,13,19,29H,5-6,10,12,14-18H2,1H3,(H3,26,27,28). The third kappa shape index (κ3) is 5.02. The molecule has 0 bridgehead atoms. The van der Waals surface area contributed by atoms with Crippen LogP contribution in [0.5, 0.6) is 0 Å². The van der Waals surface area contributed by atoms with Gasteiger partial charge < -0.3 is 21.1 Å². The van der Waals surface area contributed by atoms with E-state index in [-0.39, 0.29) is 11.6 Å². The topological polar surface area (TPSA) is 71.7 Å². The van der Waals surface area contributed by atoms with Crippen molar-refractivity contribution in [1.82, 2.24) is 5.32 Å². The number of hydrogen-bond acceptors (Lipinski definition) is 3. The first-order valence-electron chi connectivity index (χ1n) is 11.2. The van der Waals surface area contributed by atoms with E-state index in [4.69, 9.17) is 15.5 Å². The first-order valence-corrected chi connectivity index (χ1v) is 11.2. The van der Waals surface area contributed by atoms with E-state index >= 15 is 0 Å². The molecule has 0 amide bonds. The van der Waals surface area contributed by atoms with Crippen LogP contribution in [0, 0.1) is 0 Å². The number of aliphatic imine (C=N–C) groups is 1. The summed E-state index contributed by atoms with van der Waals surface area (Å²) in [5, 5.41) is 7.23. The smallest absolute Gasteiger partial charge is 0.193 e. The van der Waals surface area contributed by atoms with Gasteiger partial charge in [0.05, 0.1) is 6.54 Å². The second-order valence-corrected chi connectivity index (χ2v) is 8.65. The maximum absolute atomic E-state index is 6.34. The Morgan fingerprint density at radius 3 is 2.63 bits per heavy atom. The summed E-state index contributed by atoms with van der Waals surface area (Å²) in [6.45, 7) is 4.36. The van der Waals surface area contributed by atoms with Gasteiger partial charge in [0.2, 0.25) is 0 Å². The highest BCUT2D eigenvalue weighted by atomic mass is 16.5. The minimum atomic E-state index is -0.101. The van der Waals surface area contributed by atoms with Gasteiger partial charge in [-0.15, -0.1) is 0 Å². The molecule has 0 radical (unpaired) electrons. The third-order valence-electron chi connectivity index (χ3n) is 6.48. The molecule has 4 rings (SSSR count).